The van der Waals surface area contributed by atoms with Crippen molar-refractivity contribution in [1.29, 1.82) is 5.26 Å². The van der Waals surface area contributed by atoms with Crippen LogP contribution in [0.25, 0.3) is 11.4 Å². The zero-order valence-corrected chi connectivity index (χ0v) is 34.0. The molecular weight excluding hydrogens is 755 g/mol. The number of rotatable bonds is 7. The predicted molar refractivity (Wildman–Crippen MR) is 197 cm³/mol. The van der Waals surface area contributed by atoms with Gasteiger partial charge in [0.25, 0.3) is 0 Å². The van der Waals surface area contributed by atoms with Crippen LogP contribution in [0.5, 0.6) is 0 Å². The van der Waals surface area contributed by atoms with Crippen LogP contribution in [0.1, 0.15) is 27.3 Å². The smallest absolute Gasteiger partial charge is 0.812 e. The van der Waals surface area contributed by atoms with E-state index in [9.17, 15) is 19.2 Å². The number of benzene rings is 2. The molecular formula is C38H38ClKN8O7. The molecule has 1 atom stereocenters. The molecule has 2 aromatic carbocycles. The second kappa shape index (κ2) is 23.1. The molecule has 0 bridgehead atoms. The predicted octanol–water partition coefficient (Wildman–Crippen LogP) is 0.519. The number of aromatic amines is 1. The van der Waals surface area contributed by atoms with E-state index in [2.05, 4.69) is 20.3 Å². The van der Waals surface area contributed by atoms with Crippen molar-refractivity contribution < 1.29 is 80.3 Å². The van der Waals surface area contributed by atoms with Gasteiger partial charge in [-0.25, -0.2) is 19.6 Å². The van der Waals surface area contributed by atoms with E-state index in [-0.39, 0.29) is 101 Å². The molecule has 2 amide bonds. The first-order chi connectivity index (χ1) is 25.9. The summed E-state index contributed by atoms with van der Waals surface area (Å²) in [6, 6.07) is 29.3. The molecule has 280 valence electrons. The van der Waals surface area contributed by atoms with Gasteiger partial charge >= 0.3 is 69.3 Å². The summed E-state index contributed by atoms with van der Waals surface area (Å²) in [6.07, 6.45) is 2.97. The molecule has 2 aliphatic heterocycles. The molecule has 1 saturated heterocycles. The summed E-state index contributed by atoms with van der Waals surface area (Å²) in [5.74, 6) is -0.115. The van der Waals surface area contributed by atoms with E-state index in [1.807, 2.05) is 78.9 Å². The molecule has 0 spiro atoms. The van der Waals surface area contributed by atoms with Crippen molar-refractivity contribution in [2.45, 2.75) is 32.3 Å². The summed E-state index contributed by atoms with van der Waals surface area (Å²) >= 11 is 0. The van der Waals surface area contributed by atoms with Crippen molar-refractivity contribution in [3.05, 3.63) is 142 Å². The number of nitrogens with zero attached hydrogens (tertiary/aromatic N) is 6. The monoisotopic (exact) mass is 792 g/mol. The molecule has 5 heterocycles. The second-order valence-corrected chi connectivity index (χ2v) is 11.7. The number of nitrogens with one attached hydrogen (secondary N) is 2. The number of ether oxygens (including phenoxy) is 2. The Bertz CT molecular complexity index is 2050. The number of ketones is 1. The zero-order chi connectivity index (χ0) is 37.4. The maximum absolute atomic E-state index is 12.4. The van der Waals surface area contributed by atoms with E-state index in [1.165, 1.54) is 0 Å². The Morgan fingerprint density at radius 2 is 1.36 bits per heavy atom. The van der Waals surface area contributed by atoms with Crippen LogP contribution in [0.4, 0.5) is 9.59 Å². The van der Waals surface area contributed by atoms with Gasteiger partial charge in [0, 0.05) is 51.4 Å². The molecule has 3 aromatic heterocycles. The van der Waals surface area contributed by atoms with Crippen LogP contribution in [0.2, 0.25) is 0 Å². The first kappa shape index (κ1) is 44.5. The van der Waals surface area contributed by atoms with Crippen LogP contribution < -0.4 is 67.5 Å². The van der Waals surface area contributed by atoms with E-state index in [0.717, 1.165) is 16.8 Å². The number of halogens is 1. The Balaban J connectivity index is 0.000000267. The standard InChI is InChI=1S/C19H18N4O3.C18H19N3O3.CHNO.ClH.K/c24-18-21-17(15-8-4-5-9-20-15)16-12-22(10-11-23(16)18)19(25)26-13-14-6-2-1-3-7-14;22-17(15-8-4-5-9-19-15)16-12-21(11-10-20-16)18(23)24-13-14-6-2-1-3-7-14;2-1-3;;/h1-9H,10-13H2,(H,21,24);1-9,16,20H,10-13H2;3H;1H;/q;;;;+1/p-1. The first-order valence-corrected chi connectivity index (χ1v) is 16.7. The second-order valence-electron chi connectivity index (χ2n) is 11.7. The molecule has 1 fully saturated rings. The van der Waals surface area contributed by atoms with E-state index in [0.29, 0.717) is 56.1 Å². The van der Waals surface area contributed by atoms with Gasteiger partial charge in [0.05, 0.1) is 29.7 Å². The quantitative estimate of drug-likeness (QED) is 0.132. The molecule has 1 unspecified atom stereocenters. The van der Waals surface area contributed by atoms with Gasteiger partial charge in [-0.1, -0.05) is 72.8 Å². The third-order valence-corrected chi connectivity index (χ3v) is 8.28. The Labute approximate surface area is 366 Å². The van der Waals surface area contributed by atoms with E-state index in [4.69, 9.17) is 19.8 Å². The van der Waals surface area contributed by atoms with E-state index < -0.39 is 12.1 Å². The maximum Gasteiger partial charge on any atom is 1.00 e. The SMILES string of the molecule is Cl.N#C[O-].O=C(OCc1ccccc1)N1CCn2c(c(-c3ccccn3)[nH]c2=O)C1.O=C(c1ccccn1)C1CN(C(=O)OCc2ccccc2)CCN1.[K+]. The number of carbonyl (C=O) groups is 3. The van der Waals surface area contributed by atoms with E-state index >= 15 is 0 Å². The van der Waals surface area contributed by atoms with Crippen LogP contribution in [-0.4, -0.2) is 79.5 Å². The summed E-state index contributed by atoms with van der Waals surface area (Å²) in [5, 5.41) is 18.1. The number of piperazine rings is 1. The van der Waals surface area contributed by atoms with Crippen molar-refractivity contribution in [2.75, 3.05) is 26.2 Å². The Morgan fingerprint density at radius 1 is 0.800 bits per heavy atom. The number of imidazole rings is 1. The molecule has 55 heavy (non-hydrogen) atoms. The molecule has 0 aliphatic carbocycles. The Hall–Kier alpha value is -4.86. The van der Waals surface area contributed by atoms with Crippen molar-refractivity contribution in [3.8, 4) is 17.6 Å². The number of carbonyl (C=O) groups excluding carboxylic acids is 3. The molecule has 5 aromatic rings. The van der Waals surface area contributed by atoms with Gasteiger partial charge in [0.2, 0.25) is 0 Å². The molecule has 15 nitrogen and oxygen atoms in total. The van der Waals surface area contributed by atoms with Gasteiger partial charge in [-0.15, -0.1) is 12.4 Å². The number of aromatic nitrogens is 4. The van der Waals surface area contributed by atoms with Crippen LogP contribution in [0.3, 0.4) is 0 Å². The van der Waals surface area contributed by atoms with Gasteiger partial charge in [0.1, 0.15) is 18.9 Å². The molecule has 0 saturated carbocycles. The number of nitriles is 1. The largest absolute Gasteiger partial charge is 1.00 e. The van der Waals surface area contributed by atoms with Gasteiger partial charge in [-0.05, 0) is 35.4 Å². The van der Waals surface area contributed by atoms with Gasteiger partial charge in [-0.3, -0.25) is 19.3 Å². The number of fused-ring (bicyclic) bond motifs is 1. The third-order valence-electron chi connectivity index (χ3n) is 8.28. The summed E-state index contributed by atoms with van der Waals surface area (Å²) in [5.41, 5.74) is 4.16. The number of amides is 2. The van der Waals surface area contributed by atoms with Crippen molar-refractivity contribution in [3.63, 3.8) is 0 Å². The van der Waals surface area contributed by atoms with Gasteiger partial charge in [-0.2, -0.15) is 0 Å². The van der Waals surface area contributed by atoms with Crippen LogP contribution in [0.15, 0.2) is 114 Å². The molecule has 2 aliphatic rings. The minimum Gasteiger partial charge on any atom is -0.812 e. The summed E-state index contributed by atoms with van der Waals surface area (Å²) in [7, 11) is 0. The molecule has 17 heteroatoms. The normalized spacial score (nSPS) is 14.0. The minimum atomic E-state index is -0.460. The van der Waals surface area contributed by atoms with E-state index in [1.54, 1.807) is 45.0 Å². The van der Waals surface area contributed by atoms with Gasteiger partial charge < -0.3 is 34.7 Å². The summed E-state index contributed by atoms with van der Waals surface area (Å²) in [4.78, 5) is 63.7. The summed E-state index contributed by atoms with van der Waals surface area (Å²) in [6.45, 7) is 2.95. The minimum absolute atomic E-state index is 0. The number of hydrogen-bond acceptors (Lipinski definition) is 11. The molecule has 0 radical (unpaired) electrons. The van der Waals surface area contributed by atoms with Crippen LogP contribution in [0, 0.1) is 11.5 Å². The van der Waals surface area contributed by atoms with Crippen molar-refractivity contribution in [2.24, 2.45) is 0 Å². The Morgan fingerprint density at radius 3 is 1.93 bits per heavy atom. The molecule has 7 rings (SSSR count). The average molecular weight is 793 g/mol. The fourth-order valence-corrected chi connectivity index (χ4v) is 5.66. The average Bonchev–Trinajstić information content (AvgIpc) is 3.56. The number of hydrogen-bond donors (Lipinski definition) is 2. The van der Waals surface area contributed by atoms with Gasteiger partial charge in [0.15, 0.2) is 5.78 Å². The summed E-state index contributed by atoms with van der Waals surface area (Å²) < 4.78 is 12.4. The fourth-order valence-electron chi connectivity index (χ4n) is 5.66. The number of H-pyrrole nitrogens is 1. The van der Waals surface area contributed by atoms with Crippen LogP contribution in [-0.2, 0) is 35.8 Å². The topological polar surface area (TPSA) is 199 Å². The first-order valence-electron chi connectivity index (χ1n) is 16.7. The van der Waals surface area contributed by atoms with Crippen LogP contribution >= 0.6 is 12.4 Å². The zero-order valence-electron chi connectivity index (χ0n) is 30.1. The third kappa shape index (κ3) is 12.9. The number of Topliss-reactive ketones (excluding diaryl/α,β-unsaturated/α-hetero) is 1. The Kier molecular flexibility index (Phi) is 18.7. The van der Waals surface area contributed by atoms with Crippen molar-refractivity contribution in [1.82, 2.24) is 34.6 Å². The van der Waals surface area contributed by atoms with Crippen molar-refractivity contribution >= 4 is 30.4 Å². The maximum atomic E-state index is 12.4. The fraction of sp³-hybridized carbons (Fsp3) is 0.237. The number of pyridine rings is 2. The molecule has 2 N–H and O–H groups in total.